The zero-order valence-electron chi connectivity index (χ0n) is 10.9. The van der Waals surface area contributed by atoms with Gasteiger partial charge < -0.3 is 40.1 Å². The molecule has 0 aliphatic carbocycles. The molecule has 1 saturated heterocycles. The predicted molar refractivity (Wildman–Crippen MR) is 66.2 cm³/mol. The topological polar surface area (TPSA) is 140 Å². The van der Waals surface area contributed by atoms with Gasteiger partial charge in [-0.1, -0.05) is 0 Å². The number of ether oxygens (including phenoxy) is 2. The van der Waals surface area contributed by atoms with E-state index in [9.17, 15) is 30.6 Å². The number of hydrogen-bond donors (Lipinski definition) is 6. The van der Waals surface area contributed by atoms with Crippen LogP contribution < -0.4 is 0 Å². The third kappa shape index (κ3) is 1.92. The quantitative estimate of drug-likeness (QED) is 0.359. The molecule has 116 valence electrons. The monoisotopic (exact) mass is 300 g/mol. The second-order valence-corrected chi connectivity index (χ2v) is 5.22. The van der Waals surface area contributed by atoms with Crippen LogP contribution in [0.15, 0.2) is 12.1 Å². The summed E-state index contributed by atoms with van der Waals surface area (Å²) >= 11 is 0. The van der Waals surface area contributed by atoms with Gasteiger partial charge in [-0.15, -0.1) is 0 Å². The molecule has 3 rings (SSSR count). The average Bonchev–Trinajstić information content (AvgIpc) is 2.80. The highest BCUT2D eigenvalue weighted by atomic mass is 16.7. The van der Waals surface area contributed by atoms with Gasteiger partial charge in [-0.2, -0.15) is 0 Å². The number of hydrogen-bond acceptors (Lipinski definition) is 8. The van der Waals surface area contributed by atoms with E-state index in [-0.39, 0.29) is 23.7 Å². The Kier molecular flexibility index (Phi) is 3.32. The molecule has 6 N–H and O–H groups in total. The summed E-state index contributed by atoms with van der Waals surface area (Å²) in [6.45, 7) is -0.681. The summed E-state index contributed by atoms with van der Waals surface area (Å²) in [5.41, 5.74) is 0.448. The molecule has 2 aliphatic heterocycles. The molecule has 0 unspecified atom stereocenters. The van der Waals surface area contributed by atoms with Gasteiger partial charge in [0.2, 0.25) is 5.79 Å². The number of aliphatic hydroxyl groups excluding tert-OH is 4. The largest absolute Gasteiger partial charge is 0.508 e. The summed E-state index contributed by atoms with van der Waals surface area (Å²) in [6.07, 6.45) is -5.99. The summed E-state index contributed by atoms with van der Waals surface area (Å²) in [5, 5.41) is 58.7. The standard InChI is InChI=1S/C13H16O8/c14-3-8-10(17)11(18)12(19)13(21-8)9-5(4-20-13)1-6(15)2-7(9)16/h1-2,8,10-12,14-19H,3-4H2/t8-,10-,11+,12-,13-/m1/s1. The third-order valence-electron chi connectivity index (χ3n) is 3.92. The van der Waals surface area contributed by atoms with E-state index in [0.717, 1.165) is 6.07 Å². The highest BCUT2D eigenvalue weighted by Gasteiger charge is 2.59. The Morgan fingerprint density at radius 1 is 1.14 bits per heavy atom. The van der Waals surface area contributed by atoms with E-state index >= 15 is 0 Å². The van der Waals surface area contributed by atoms with Crippen molar-refractivity contribution in [1.29, 1.82) is 0 Å². The normalized spacial score (nSPS) is 38.7. The Balaban J connectivity index is 2.11. The van der Waals surface area contributed by atoms with Crippen LogP contribution in [0.25, 0.3) is 0 Å². The Labute approximate surface area is 119 Å². The van der Waals surface area contributed by atoms with E-state index in [1.807, 2.05) is 0 Å². The first-order chi connectivity index (χ1) is 9.90. The molecule has 5 atom stereocenters. The molecule has 0 aromatic heterocycles. The Morgan fingerprint density at radius 2 is 1.86 bits per heavy atom. The number of fused-ring (bicyclic) bond motifs is 2. The molecular formula is C13H16O8. The molecule has 0 amide bonds. The minimum absolute atomic E-state index is 0.0669. The lowest BCUT2D eigenvalue weighted by Gasteiger charge is -2.46. The predicted octanol–water partition coefficient (Wildman–Crippen LogP) is -1.75. The average molecular weight is 300 g/mol. The molecule has 21 heavy (non-hydrogen) atoms. The van der Waals surface area contributed by atoms with Crippen molar-refractivity contribution < 1.29 is 40.1 Å². The van der Waals surface area contributed by atoms with Crippen molar-refractivity contribution >= 4 is 0 Å². The second kappa shape index (κ2) is 4.80. The van der Waals surface area contributed by atoms with Gasteiger partial charge in [0.15, 0.2) is 0 Å². The van der Waals surface area contributed by atoms with Crippen molar-refractivity contribution in [3.63, 3.8) is 0 Å². The molecule has 0 bridgehead atoms. The molecule has 0 radical (unpaired) electrons. The number of aliphatic hydroxyl groups is 4. The number of aromatic hydroxyl groups is 2. The van der Waals surface area contributed by atoms with Crippen LogP contribution in [0, 0.1) is 0 Å². The minimum atomic E-state index is -1.90. The number of phenols is 2. The van der Waals surface area contributed by atoms with Crippen molar-refractivity contribution in [2.45, 2.75) is 36.8 Å². The van der Waals surface area contributed by atoms with Crippen LogP contribution in [0.2, 0.25) is 0 Å². The molecule has 1 spiro atoms. The SMILES string of the molecule is OC[C@H]1O[C@@]2(OCc3cc(O)cc(O)c32)[C@H](O)[C@@H](O)[C@@H]1O. The lowest BCUT2D eigenvalue weighted by Crippen LogP contribution is -2.63. The third-order valence-corrected chi connectivity index (χ3v) is 3.92. The van der Waals surface area contributed by atoms with Crippen LogP contribution in [-0.4, -0.2) is 61.7 Å². The number of rotatable bonds is 1. The van der Waals surface area contributed by atoms with Crippen LogP contribution in [0.1, 0.15) is 11.1 Å². The zero-order valence-corrected chi connectivity index (χ0v) is 10.9. The van der Waals surface area contributed by atoms with Crippen LogP contribution in [0.3, 0.4) is 0 Å². The Hall–Kier alpha value is -1.42. The molecule has 1 aromatic rings. The minimum Gasteiger partial charge on any atom is -0.508 e. The van der Waals surface area contributed by atoms with E-state index < -0.39 is 36.8 Å². The van der Waals surface area contributed by atoms with E-state index in [1.54, 1.807) is 0 Å². The van der Waals surface area contributed by atoms with Gasteiger partial charge in [-0.05, 0) is 11.6 Å². The van der Waals surface area contributed by atoms with Gasteiger partial charge in [0.25, 0.3) is 0 Å². The van der Waals surface area contributed by atoms with Crippen molar-refractivity contribution in [3.8, 4) is 11.5 Å². The second-order valence-electron chi connectivity index (χ2n) is 5.22. The van der Waals surface area contributed by atoms with Crippen LogP contribution in [0.5, 0.6) is 11.5 Å². The number of phenolic OH excluding ortho intramolecular Hbond substituents is 2. The molecule has 8 heteroatoms. The van der Waals surface area contributed by atoms with Crippen molar-refractivity contribution in [1.82, 2.24) is 0 Å². The summed E-state index contributed by atoms with van der Waals surface area (Å²) in [7, 11) is 0. The van der Waals surface area contributed by atoms with Gasteiger partial charge >= 0.3 is 0 Å². The van der Waals surface area contributed by atoms with Crippen molar-refractivity contribution in [2.75, 3.05) is 6.61 Å². The summed E-state index contributed by atoms with van der Waals surface area (Å²) < 4.78 is 10.9. The summed E-state index contributed by atoms with van der Waals surface area (Å²) in [4.78, 5) is 0. The lowest BCUT2D eigenvalue weighted by atomic mass is 9.87. The fourth-order valence-electron chi connectivity index (χ4n) is 2.91. The van der Waals surface area contributed by atoms with Crippen LogP contribution in [-0.2, 0) is 21.9 Å². The first-order valence-electron chi connectivity index (χ1n) is 6.43. The number of benzene rings is 1. The molecule has 2 aliphatic rings. The van der Waals surface area contributed by atoms with Crippen LogP contribution in [0.4, 0.5) is 0 Å². The molecular weight excluding hydrogens is 284 g/mol. The molecule has 2 heterocycles. The van der Waals surface area contributed by atoms with E-state index in [2.05, 4.69) is 0 Å². The highest BCUT2D eigenvalue weighted by Crippen LogP contribution is 2.50. The maximum atomic E-state index is 10.2. The van der Waals surface area contributed by atoms with Crippen molar-refractivity contribution in [3.05, 3.63) is 23.3 Å². The van der Waals surface area contributed by atoms with Gasteiger partial charge in [0, 0.05) is 6.07 Å². The maximum Gasteiger partial charge on any atom is 0.229 e. The molecule has 8 nitrogen and oxygen atoms in total. The smallest absolute Gasteiger partial charge is 0.229 e. The first-order valence-corrected chi connectivity index (χ1v) is 6.43. The van der Waals surface area contributed by atoms with Gasteiger partial charge in [0.1, 0.15) is 35.9 Å². The lowest BCUT2D eigenvalue weighted by molar-refractivity contribution is -0.368. The molecule has 0 saturated carbocycles. The summed E-state index contributed by atoms with van der Waals surface area (Å²) in [6, 6.07) is 2.39. The van der Waals surface area contributed by atoms with Gasteiger partial charge in [0.05, 0.1) is 18.8 Å². The maximum absolute atomic E-state index is 10.2. The van der Waals surface area contributed by atoms with Crippen molar-refractivity contribution in [2.24, 2.45) is 0 Å². The highest BCUT2D eigenvalue weighted by molar-refractivity contribution is 5.50. The van der Waals surface area contributed by atoms with E-state index in [1.165, 1.54) is 6.07 Å². The molecule has 1 aromatic carbocycles. The van der Waals surface area contributed by atoms with E-state index in [4.69, 9.17) is 9.47 Å². The van der Waals surface area contributed by atoms with Crippen LogP contribution >= 0.6 is 0 Å². The Bertz CT molecular complexity index is 559. The van der Waals surface area contributed by atoms with E-state index in [0.29, 0.717) is 5.56 Å². The summed E-state index contributed by atoms with van der Waals surface area (Å²) in [5.74, 6) is -2.46. The van der Waals surface area contributed by atoms with Gasteiger partial charge in [-0.3, -0.25) is 0 Å². The first kappa shape index (κ1) is 14.5. The fraction of sp³-hybridized carbons (Fsp3) is 0.538. The fourth-order valence-corrected chi connectivity index (χ4v) is 2.91. The Morgan fingerprint density at radius 3 is 2.52 bits per heavy atom. The van der Waals surface area contributed by atoms with Gasteiger partial charge in [-0.25, -0.2) is 0 Å². The molecule has 1 fully saturated rings. The zero-order chi connectivity index (χ0) is 15.4.